The van der Waals surface area contributed by atoms with Gasteiger partial charge in [-0.25, -0.2) is 9.78 Å². The van der Waals surface area contributed by atoms with Crippen LogP contribution in [0.3, 0.4) is 0 Å². The predicted molar refractivity (Wildman–Crippen MR) is 99.0 cm³/mol. The Morgan fingerprint density at radius 1 is 1.22 bits per heavy atom. The standard InChI is InChI=1S/C17H10N4O5S/c22-15(9-1-4-11(5-2-9)21(24)25)20-16-18-13(8-27-16)10-3-6-14-12(7-10)19-17(23)26-14/h1-8H,(H,19,23)(H,18,20,22). The van der Waals surface area contributed by atoms with Crippen LogP contribution in [0.4, 0.5) is 10.8 Å². The van der Waals surface area contributed by atoms with Crippen LogP contribution in [0.15, 0.2) is 57.1 Å². The van der Waals surface area contributed by atoms with E-state index in [0.717, 1.165) is 5.56 Å². The number of H-pyrrole nitrogens is 1. The second-order valence-corrected chi connectivity index (χ2v) is 6.38. The van der Waals surface area contributed by atoms with Crippen LogP contribution in [0, 0.1) is 10.1 Å². The van der Waals surface area contributed by atoms with Crippen molar-refractivity contribution in [1.82, 2.24) is 9.97 Å². The third-order valence-electron chi connectivity index (χ3n) is 3.78. The van der Waals surface area contributed by atoms with E-state index < -0.39 is 16.6 Å². The number of aromatic nitrogens is 2. The van der Waals surface area contributed by atoms with Crippen LogP contribution in [0.25, 0.3) is 22.4 Å². The lowest BCUT2D eigenvalue weighted by atomic mass is 10.1. The first-order chi connectivity index (χ1) is 13.0. The molecule has 9 nitrogen and oxygen atoms in total. The fourth-order valence-corrected chi connectivity index (χ4v) is 3.19. The highest BCUT2D eigenvalue weighted by atomic mass is 32.1. The maximum atomic E-state index is 12.3. The number of nitro groups is 1. The summed E-state index contributed by atoms with van der Waals surface area (Å²) in [4.78, 5) is 40.6. The Morgan fingerprint density at radius 2 is 2.00 bits per heavy atom. The van der Waals surface area contributed by atoms with Gasteiger partial charge in [0.25, 0.3) is 11.6 Å². The number of nitrogens with zero attached hydrogens (tertiary/aromatic N) is 2. The number of oxazole rings is 1. The van der Waals surface area contributed by atoms with E-state index in [4.69, 9.17) is 4.42 Å². The van der Waals surface area contributed by atoms with Gasteiger partial charge in [0.1, 0.15) is 0 Å². The largest absolute Gasteiger partial charge is 0.417 e. The zero-order chi connectivity index (χ0) is 19.0. The molecule has 0 unspecified atom stereocenters. The molecule has 2 heterocycles. The van der Waals surface area contributed by atoms with Crippen molar-refractivity contribution >= 4 is 39.2 Å². The minimum atomic E-state index is -0.531. The SMILES string of the molecule is O=C(Nc1nc(-c2ccc3oc(=O)[nH]c3c2)cs1)c1ccc([N+](=O)[O-])cc1. The lowest BCUT2D eigenvalue weighted by Crippen LogP contribution is -2.11. The van der Waals surface area contributed by atoms with Crippen molar-refractivity contribution in [1.29, 1.82) is 0 Å². The molecular formula is C17H10N4O5S. The molecule has 27 heavy (non-hydrogen) atoms. The molecular weight excluding hydrogens is 372 g/mol. The van der Waals surface area contributed by atoms with Crippen LogP contribution in [0.2, 0.25) is 0 Å². The summed E-state index contributed by atoms with van der Waals surface area (Å²) < 4.78 is 4.96. The van der Waals surface area contributed by atoms with Crippen molar-refractivity contribution < 1.29 is 14.1 Å². The van der Waals surface area contributed by atoms with Gasteiger partial charge in [0.05, 0.1) is 16.1 Å². The number of carbonyl (C=O) groups is 1. The fourth-order valence-electron chi connectivity index (χ4n) is 2.48. The Hall–Kier alpha value is -3.79. The van der Waals surface area contributed by atoms with Crippen LogP contribution in [-0.4, -0.2) is 20.8 Å². The van der Waals surface area contributed by atoms with Gasteiger partial charge in [0.2, 0.25) is 0 Å². The Bertz CT molecular complexity index is 1220. The van der Waals surface area contributed by atoms with Gasteiger partial charge >= 0.3 is 5.76 Å². The molecule has 2 N–H and O–H groups in total. The molecule has 0 aliphatic carbocycles. The molecule has 134 valence electrons. The third-order valence-corrected chi connectivity index (χ3v) is 4.54. The number of hydrogen-bond acceptors (Lipinski definition) is 7. The van der Waals surface area contributed by atoms with Crippen molar-refractivity contribution in [2.75, 3.05) is 5.32 Å². The van der Waals surface area contributed by atoms with Gasteiger partial charge in [-0.05, 0) is 30.3 Å². The van der Waals surface area contributed by atoms with E-state index in [1.807, 2.05) is 0 Å². The van der Waals surface area contributed by atoms with Gasteiger partial charge in [-0.15, -0.1) is 11.3 Å². The highest BCUT2D eigenvalue weighted by Gasteiger charge is 2.13. The summed E-state index contributed by atoms with van der Waals surface area (Å²) in [5.41, 5.74) is 2.59. The van der Waals surface area contributed by atoms with E-state index in [2.05, 4.69) is 15.3 Å². The molecule has 0 atom stereocenters. The number of carbonyl (C=O) groups excluding carboxylic acids is 1. The molecule has 0 radical (unpaired) electrons. The maximum absolute atomic E-state index is 12.3. The van der Waals surface area contributed by atoms with Crippen molar-refractivity contribution in [3.8, 4) is 11.3 Å². The first-order valence-electron chi connectivity index (χ1n) is 7.64. The van der Waals surface area contributed by atoms with Crippen molar-refractivity contribution in [2.45, 2.75) is 0 Å². The number of nitro benzene ring substituents is 1. The van der Waals surface area contributed by atoms with Gasteiger partial charge in [0, 0.05) is 28.6 Å². The Balaban J connectivity index is 1.53. The summed E-state index contributed by atoms with van der Waals surface area (Å²) in [6.07, 6.45) is 0. The second-order valence-electron chi connectivity index (χ2n) is 5.52. The van der Waals surface area contributed by atoms with E-state index >= 15 is 0 Å². The lowest BCUT2D eigenvalue weighted by Gasteiger charge is -2.01. The monoisotopic (exact) mass is 382 g/mol. The topological polar surface area (TPSA) is 131 Å². The number of non-ortho nitro benzene ring substituents is 1. The molecule has 4 rings (SSSR count). The summed E-state index contributed by atoms with van der Waals surface area (Å²) >= 11 is 1.24. The third kappa shape index (κ3) is 3.33. The number of hydrogen-bond donors (Lipinski definition) is 2. The van der Waals surface area contributed by atoms with Crippen molar-refractivity contribution in [2.24, 2.45) is 0 Å². The number of amides is 1. The highest BCUT2D eigenvalue weighted by Crippen LogP contribution is 2.27. The predicted octanol–water partition coefficient (Wildman–Crippen LogP) is 3.41. The van der Waals surface area contributed by atoms with Gasteiger partial charge in [-0.3, -0.25) is 25.2 Å². The average Bonchev–Trinajstić information content (AvgIpc) is 3.26. The van der Waals surface area contributed by atoms with E-state index in [-0.39, 0.29) is 11.3 Å². The normalized spacial score (nSPS) is 10.8. The van der Waals surface area contributed by atoms with Crippen molar-refractivity contribution in [3.05, 3.63) is 74.1 Å². The van der Waals surface area contributed by atoms with E-state index in [0.29, 0.717) is 21.9 Å². The number of nitrogens with one attached hydrogen (secondary N) is 2. The number of fused-ring (bicyclic) bond motifs is 1. The molecule has 0 bridgehead atoms. The summed E-state index contributed by atoms with van der Waals surface area (Å²) in [5.74, 6) is -0.947. The molecule has 4 aromatic rings. The number of benzene rings is 2. The molecule has 0 aliphatic rings. The van der Waals surface area contributed by atoms with Crippen LogP contribution in [-0.2, 0) is 0 Å². The van der Waals surface area contributed by atoms with Crippen LogP contribution >= 0.6 is 11.3 Å². The first kappa shape index (κ1) is 16.7. The summed E-state index contributed by atoms with van der Waals surface area (Å²) in [7, 11) is 0. The lowest BCUT2D eigenvalue weighted by molar-refractivity contribution is -0.384. The molecule has 1 amide bonds. The van der Waals surface area contributed by atoms with Gasteiger partial charge in [-0.1, -0.05) is 0 Å². The Morgan fingerprint density at radius 3 is 2.74 bits per heavy atom. The molecule has 0 saturated carbocycles. The zero-order valence-electron chi connectivity index (χ0n) is 13.5. The summed E-state index contributed by atoms with van der Waals surface area (Å²) in [6, 6.07) is 10.5. The molecule has 2 aromatic carbocycles. The first-order valence-corrected chi connectivity index (χ1v) is 8.52. The Kier molecular flexibility index (Phi) is 4.01. The summed E-state index contributed by atoms with van der Waals surface area (Å²) in [5, 5.41) is 15.5. The van der Waals surface area contributed by atoms with E-state index in [9.17, 15) is 19.7 Å². The molecule has 2 aromatic heterocycles. The van der Waals surface area contributed by atoms with Gasteiger partial charge in [0.15, 0.2) is 10.7 Å². The van der Waals surface area contributed by atoms with Crippen LogP contribution < -0.4 is 11.1 Å². The smallest absolute Gasteiger partial charge is 0.408 e. The second kappa shape index (κ2) is 6.50. The minimum absolute atomic E-state index is 0.0873. The molecule has 0 spiro atoms. The number of rotatable bonds is 4. The number of thiazole rings is 1. The van der Waals surface area contributed by atoms with Gasteiger partial charge in [-0.2, -0.15) is 0 Å². The number of anilines is 1. The summed E-state index contributed by atoms with van der Waals surface area (Å²) in [6.45, 7) is 0. The van der Waals surface area contributed by atoms with E-state index in [1.54, 1.807) is 23.6 Å². The molecule has 10 heteroatoms. The average molecular weight is 382 g/mol. The maximum Gasteiger partial charge on any atom is 0.417 e. The van der Waals surface area contributed by atoms with Crippen molar-refractivity contribution in [3.63, 3.8) is 0 Å². The number of aromatic amines is 1. The minimum Gasteiger partial charge on any atom is -0.408 e. The highest BCUT2D eigenvalue weighted by molar-refractivity contribution is 7.14. The fraction of sp³-hybridized carbons (Fsp3) is 0. The Labute approximate surface area is 154 Å². The van der Waals surface area contributed by atoms with Gasteiger partial charge < -0.3 is 4.42 Å². The van der Waals surface area contributed by atoms with E-state index in [1.165, 1.54) is 35.6 Å². The molecule has 0 saturated heterocycles. The molecule has 0 aliphatic heterocycles. The molecule has 0 fully saturated rings. The zero-order valence-corrected chi connectivity index (χ0v) is 14.3. The quantitative estimate of drug-likeness (QED) is 0.411. The van der Waals surface area contributed by atoms with Crippen LogP contribution in [0.1, 0.15) is 10.4 Å². The van der Waals surface area contributed by atoms with Crippen LogP contribution in [0.5, 0.6) is 0 Å².